The molecule has 1 heterocycles. The first-order valence-corrected chi connectivity index (χ1v) is 18.0. The van der Waals surface area contributed by atoms with E-state index in [1.807, 2.05) is 97.1 Å². The van der Waals surface area contributed by atoms with E-state index in [-0.39, 0.29) is 30.1 Å². The van der Waals surface area contributed by atoms with Gasteiger partial charge >= 0.3 is 6.09 Å². The molecule has 2 bridgehead atoms. The maximum absolute atomic E-state index is 12.9. The third-order valence-corrected chi connectivity index (χ3v) is 11.8. The van der Waals surface area contributed by atoms with Gasteiger partial charge in [-0.05, 0) is 58.3 Å². The van der Waals surface area contributed by atoms with Crippen molar-refractivity contribution >= 4 is 17.7 Å². The van der Waals surface area contributed by atoms with Crippen molar-refractivity contribution in [2.24, 2.45) is 22.7 Å². The monoisotopic (exact) mass is 695 g/mol. The molecular formula is C42H46ClNO6. The molecule has 0 radical (unpaired) electrons. The summed E-state index contributed by atoms with van der Waals surface area (Å²) in [5.41, 5.74) is 3.94. The van der Waals surface area contributed by atoms with Crippen LogP contribution in [0.15, 0.2) is 103 Å². The second kappa shape index (κ2) is 14.7. The van der Waals surface area contributed by atoms with Crippen LogP contribution >= 0.6 is 11.6 Å². The number of ether oxygens (including phenoxy) is 5. The Morgan fingerprint density at radius 1 is 0.840 bits per heavy atom. The van der Waals surface area contributed by atoms with Crippen LogP contribution in [0.5, 0.6) is 11.5 Å². The normalized spacial score (nSPS) is 25.1. The standard InChI is InChI=1S/C42H46ClNO6/c1-41(2)33-19-20-42(41,3)39-31(33)22-38(50-39)49-37(24-44-40(45)48-27-30-17-11-6-12-18-30)32-21-35(46-25-28-13-7-4-8-14-28)36(23-34(32)43)47-26-29-15-9-5-10-16-29/h4-18,21,23,31,33,37-39H,19-20,22,24-27H2,1-3H3,(H,44,45)/t31-,33-,37+,38-,39-,42+/m1/s1. The van der Waals surface area contributed by atoms with Crippen LogP contribution in [-0.4, -0.2) is 25.0 Å². The summed E-state index contributed by atoms with van der Waals surface area (Å²) in [5.74, 6) is 2.08. The molecule has 0 unspecified atom stereocenters. The summed E-state index contributed by atoms with van der Waals surface area (Å²) in [4.78, 5) is 12.9. The zero-order valence-electron chi connectivity index (χ0n) is 29.0. The van der Waals surface area contributed by atoms with Crippen LogP contribution in [-0.2, 0) is 34.0 Å². The molecule has 7 nitrogen and oxygen atoms in total. The molecule has 8 heteroatoms. The van der Waals surface area contributed by atoms with E-state index in [0.29, 0.717) is 47.1 Å². The highest BCUT2D eigenvalue weighted by atomic mass is 35.5. The fourth-order valence-corrected chi connectivity index (χ4v) is 8.71. The summed E-state index contributed by atoms with van der Waals surface area (Å²) in [6.45, 7) is 8.14. The molecule has 1 N–H and O–H groups in total. The van der Waals surface area contributed by atoms with Gasteiger partial charge in [0.2, 0.25) is 0 Å². The Kier molecular flexibility index (Phi) is 10.1. The number of carbonyl (C=O) groups is 1. The summed E-state index contributed by atoms with van der Waals surface area (Å²) >= 11 is 7.05. The first-order chi connectivity index (χ1) is 24.2. The average molecular weight is 696 g/mol. The molecule has 50 heavy (non-hydrogen) atoms. The van der Waals surface area contributed by atoms with E-state index in [0.717, 1.165) is 29.5 Å². The van der Waals surface area contributed by atoms with Crippen LogP contribution in [0.3, 0.4) is 0 Å². The lowest BCUT2D eigenvalue weighted by atomic mass is 9.70. The first kappa shape index (κ1) is 34.4. The van der Waals surface area contributed by atoms with Crippen molar-refractivity contribution in [1.82, 2.24) is 5.32 Å². The zero-order valence-corrected chi connectivity index (χ0v) is 29.7. The van der Waals surface area contributed by atoms with Gasteiger partial charge in [-0.2, -0.15) is 0 Å². The van der Waals surface area contributed by atoms with E-state index in [4.69, 9.17) is 35.3 Å². The number of hydrogen-bond donors (Lipinski definition) is 1. The fourth-order valence-electron chi connectivity index (χ4n) is 8.43. The quantitative estimate of drug-likeness (QED) is 0.150. The lowest BCUT2D eigenvalue weighted by molar-refractivity contribution is -0.186. The maximum atomic E-state index is 12.9. The minimum Gasteiger partial charge on any atom is -0.485 e. The van der Waals surface area contributed by atoms with Gasteiger partial charge in [0.1, 0.15) is 25.9 Å². The Labute approximate surface area is 300 Å². The van der Waals surface area contributed by atoms with E-state index in [9.17, 15) is 4.79 Å². The fraction of sp³-hybridized carbons (Fsp3) is 0.405. The van der Waals surface area contributed by atoms with Gasteiger partial charge in [0, 0.05) is 18.1 Å². The summed E-state index contributed by atoms with van der Waals surface area (Å²) in [6.07, 6.45) is 1.70. The minimum atomic E-state index is -0.642. The number of amides is 1. The Morgan fingerprint density at radius 3 is 1.98 bits per heavy atom. The Morgan fingerprint density at radius 2 is 1.40 bits per heavy atom. The van der Waals surface area contributed by atoms with Crippen molar-refractivity contribution < 1.29 is 28.5 Å². The van der Waals surface area contributed by atoms with Crippen LogP contribution in [0, 0.1) is 22.7 Å². The highest BCUT2D eigenvalue weighted by Crippen LogP contribution is 2.71. The summed E-state index contributed by atoms with van der Waals surface area (Å²) in [5, 5.41) is 3.36. The molecule has 0 aromatic heterocycles. The molecule has 0 spiro atoms. The largest absolute Gasteiger partial charge is 0.485 e. The predicted molar refractivity (Wildman–Crippen MR) is 193 cm³/mol. The number of hydrogen-bond acceptors (Lipinski definition) is 6. The lowest BCUT2D eigenvalue weighted by Crippen LogP contribution is -2.38. The zero-order chi connectivity index (χ0) is 34.7. The molecule has 2 aliphatic carbocycles. The van der Waals surface area contributed by atoms with Gasteiger partial charge in [-0.25, -0.2) is 4.79 Å². The van der Waals surface area contributed by atoms with Gasteiger partial charge in [-0.15, -0.1) is 0 Å². The highest BCUT2D eigenvalue weighted by molar-refractivity contribution is 6.31. The number of nitrogens with one attached hydrogen (secondary N) is 1. The SMILES string of the molecule is CC1(C)[C@@H]2CC[C@@]1(C)[C@@H]1O[C@@H](O[C@@H](CNC(=O)OCc3ccccc3)c3cc(OCc4ccccc4)c(OCc4ccccc4)cc3Cl)C[C@H]21. The number of carbonyl (C=O) groups excluding carboxylic acids is 1. The van der Waals surface area contributed by atoms with E-state index in [1.54, 1.807) is 6.07 Å². The van der Waals surface area contributed by atoms with Gasteiger partial charge in [-0.1, -0.05) is 123 Å². The molecule has 3 fully saturated rings. The number of halogens is 1. The van der Waals surface area contributed by atoms with Gasteiger partial charge in [0.05, 0.1) is 17.7 Å². The van der Waals surface area contributed by atoms with E-state index >= 15 is 0 Å². The van der Waals surface area contributed by atoms with Gasteiger partial charge in [-0.3, -0.25) is 0 Å². The van der Waals surface area contributed by atoms with Crippen molar-refractivity contribution in [3.63, 3.8) is 0 Å². The topological polar surface area (TPSA) is 75.3 Å². The molecule has 7 rings (SSSR count). The van der Waals surface area contributed by atoms with Crippen LogP contribution in [0.4, 0.5) is 4.79 Å². The van der Waals surface area contributed by atoms with Crippen molar-refractivity contribution in [1.29, 1.82) is 0 Å². The van der Waals surface area contributed by atoms with E-state index < -0.39 is 18.5 Å². The van der Waals surface area contributed by atoms with Crippen LogP contribution in [0.2, 0.25) is 5.02 Å². The number of alkyl carbamates (subject to hydrolysis) is 1. The molecule has 4 aromatic rings. The summed E-state index contributed by atoms with van der Waals surface area (Å²) in [6, 6.07) is 33.2. The molecule has 1 saturated heterocycles. The third kappa shape index (κ3) is 7.09. The first-order valence-electron chi connectivity index (χ1n) is 17.6. The highest BCUT2D eigenvalue weighted by Gasteiger charge is 2.69. The van der Waals surface area contributed by atoms with E-state index in [1.165, 1.54) is 6.42 Å². The van der Waals surface area contributed by atoms with Gasteiger partial charge in [0.15, 0.2) is 17.8 Å². The lowest BCUT2D eigenvalue weighted by Gasteiger charge is -2.39. The molecule has 3 aliphatic rings. The number of rotatable bonds is 13. The second-order valence-corrected chi connectivity index (χ2v) is 15.0. The van der Waals surface area contributed by atoms with Crippen LogP contribution in [0.25, 0.3) is 0 Å². The van der Waals surface area contributed by atoms with Crippen molar-refractivity contribution in [2.45, 2.75) is 78.4 Å². The molecule has 1 aliphatic heterocycles. The van der Waals surface area contributed by atoms with Crippen molar-refractivity contribution in [2.75, 3.05) is 6.54 Å². The van der Waals surface area contributed by atoms with Crippen molar-refractivity contribution in [3.05, 3.63) is 130 Å². The van der Waals surface area contributed by atoms with Gasteiger partial charge < -0.3 is 29.0 Å². The molecule has 2 saturated carbocycles. The van der Waals surface area contributed by atoms with Crippen molar-refractivity contribution in [3.8, 4) is 11.5 Å². The number of fused-ring (bicyclic) bond motifs is 5. The molecule has 1 amide bonds. The Hall–Kier alpha value is -4.04. The molecule has 6 atom stereocenters. The average Bonchev–Trinajstić information content (AvgIpc) is 3.71. The maximum Gasteiger partial charge on any atom is 0.407 e. The minimum absolute atomic E-state index is 0.100. The van der Waals surface area contributed by atoms with E-state index in [2.05, 4.69) is 26.1 Å². The summed E-state index contributed by atoms with van der Waals surface area (Å²) < 4.78 is 31.7. The number of benzene rings is 4. The van der Waals surface area contributed by atoms with Gasteiger partial charge in [0.25, 0.3) is 0 Å². The Balaban J connectivity index is 1.14. The van der Waals surface area contributed by atoms with Crippen LogP contribution < -0.4 is 14.8 Å². The third-order valence-electron chi connectivity index (χ3n) is 11.5. The molecular weight excluding hydrogens is 650 g/mol. The second-order valence-electron chi connectivity index (χ2n) is 14.6. The predicted octanol–water partition coefficient (Wildman–Crippen LogP) is 9.67. The summed E-state index contributed by atoms with van der Waals surface area (Å²) in [7, 11) is 0. The smallest absolute Gasteiger partial charge is 0.407 e. The molecule has 4 aromatic carbocycles. The van der Waals surface area contributed by atoms with Crippen LogP contribution in [0.1, 0.15) is 68.4 Å². The Bertz CT molecular complexity index is 1750. The molecule has 262 valence electrons.